The largest absolute Gasteiger partial charge is 0.467 e. The van der Waals surface area contributed by atoms with E-state index in [1.807, 2.05) is 0 Å². The summed E-state index contributed by atoms with van der Waals surface area (Å²) < 4.78 is 4.61. The first-order valence-corrected chi connectivity index (χ1v) is 7.36. The maximum atomic E-state index is 11.3. The van der Waals surface area contributed by atoms with Crippen molar-refractivity contribution in [2.75, 3.05) is 26.7 Å². The van der Waals surface area contributed by atoms with Gasteiger partial charge in [-0.1, -0.05) is 6.92 Å². The monoisotopic (exact) mass is 270 g/mol. The second kappa shape index (κ2) is 6.68. The molecule has 0 aliphatic carbocycles. The maximum absolute atomic E-state index is 11.3. The van der Waals surface area contributed by atoms with Gasteiger partial charge in [-0.15, -0.1) is 0 Å². The molecule has 19 heavy (non-hydrogen) atoms. The first-order chi connectivity index (χ1) is 9.13. The third-order valence-electron chi connectivity index (χ3n) is 4.56. The molecule has 110 valence electrons. The SMILES string of the molecule is COC(=O)C(O)C[C@@H]1CCCN1C1CCNCC1C. The van der Waals surface area contributed by atoms with Gasteiger partial charge in [-0.25, -0.2) is 4.79 Å². The predicted octanol–water partition coefficient (Wildman–Crippen LogP) is 0.373. The summed E-state index contributed by atoms with van der Waals surface area (Å²) in [4.78, 5) is 13.9. The van der Waals surface area contributed by atoms with Gasteiger partial charge in [-0.3, -0.25) is 4.90 Å². The van der Waals surface area contributed by atoms with Crippen molar-refractivity contribution in [3.63, 3.8) is 0 Å². The van der Waals surface area contributed by atoms with Crippen molar-refractivity contribution in [1.82, 2.24) is 10.2 Å². The van der Waals surface area contributed by atoms with Crippen LogP contribution in [-0.4, -0.2) is 60.9 Å². The Morgan fingerprint density at radius 3 is 3.00 bits per heavy atom. The number of carbonyl (C=O) groups excluding carboxylic acids is 1. The summed E-state index contributed by atoms with van der Waals surface area (Å²) in [5.41, 5.74) is 0. The van der Waals surface area contributed by atoms with Crippen LogP contribution in [0.25, 0.3) is 0 Å². The van der Waals surface area contributed by atoms with Crippen molar-refractivity contribution in [2.45, 2.75) is 50.8 Å². The van der Waals surface area contributed by atoms with Gasteiger partial charge in [0.15, 0.2) is 6.10 Å². The van der Waals surface area contributed by atoms with E-state index in [0.29, 0.717) is 24.4 Å². The zero-order valence-electron chi connectivity index (χ0n) is 12.0. The Hall–Kier alpha value is -0.650. The molecule has 2 fully saturated rings. The molecule has 5 nitrogen and oxygen atoms in total. The van der Waals surface area contributed by atoms with Gasteiger partial charge in [-0.2, -0.15) is 0 Å². The molecule has 2 N–H and O–H groups in total. The standard InChI is InChI=1S/C14H26N2O3/c1-10-9-15-6-5-12(10)16-7-3-4-11(16)8-13(17)14(18)19-2/h10-13,15,17H,3-9H2,1-2H3/t10?,11-,12?,13?/m0/s1. The first kappa shape index (κ1) is 14.8. The minimum absolute atomic E-state index is 0.319. The number of ether oxygens (including phenoxy) is 1. The summed E-state index contributed by atoms with van der Waals surface area (Å²) in [5.74, 6) is 0.120. The van der Waals surface area contributed by atoms with Gasteiger partial charge < -0.3 is 15.2 Å². The van der Waals surface area contributed by atoms with Gasteiger partial charge in [0.05, 0.1) is 7.11 Å². The molecule has 0 amide bonds. The van der Waals surface area contributed by atoms with Crippen LogP contribution < -0.4 is 5.32 Å². The fourth-order valence-corrected chi connectivity index (χ4v) is 3.53. The molecule has 2 aliphatic rings. The molecule has 0 bridgehead atoms. The fraction of sp³-hybridized carbons (Fsp3) is 0.929. The van der Waals surface area contributed by atoms with Crippen LogP contribution in [0.1, 0.15) is 32.6 Å². The Bertz CT molecular complexity index is 311. The number of esters is 1. The number of hydrogen-bond acceptors (Lipinski definition) is 5. The second-order valence-corrected chi connectivity index (χ2v) is 5.85. The van der Waals surface area contributed by atoms with Gasteiger partial charge in [0, 0.05) is 12.1 Å². The molecular weight excluding hydrogens is 244 g/mol. The summed E-state index contributed by atoms with van der Waals surface area (Å²) in [6.07, 6.45) is 2.92. The quantitative estimate of drug-likeness (QED) is 0.723. The Balaban J connectivity index is 1.94. The minimum Gasteiger partial charge on any atom is -0.467 e. The number of aliphatic hydroxyl groups excluding tert-OH is 1. The molecule has 0 spiro atoms. The molecule has 2 aliphatic heterocycles. The van der Waals surface area contributed by atoms with Crippen LogP contribution in [0.15, 0.2) is 0 Å². The minimum atomic E-state index is -0.979. The number of rotatable bonds is 4. The summed E-state index contributed by atoms with van der Waals surface area (Å²) in [7, 11) is 1.33. The van der Waals surface area contributed by atoms with E-state index in [0.717, 1.165) is 38.9 Å². The first-order valence-electron chi connectivity index (χ1n) is 7.36. The summed E-state index contributed by atoms with van der Waals surface area (Å²) >= 11 is 0. The van der Waals surface area contributed by atoms with Crippen molar-refractivity contribution >= 4 is 5.97 Å². The van der Waals surface area contributed by atoms with Gasteiger partial charge in [0.25, 0.3) is 0 Å². The number of likely N-dealkylation sites (tertiary alicyclic amines) is 1. The molecule has 4 atom stereocenters. The molecule has 2 heterocycles. The van der Waals surface area contributed by atoms with Crippen molar-refractivity contribution in [1.29, 1.82) is 0 Å². The Kier molecular flexibility index (Phi) is 5.19. The van der Waals surface area contributed by atoms with Gasteiger partial charge in [-0.05, 0) is 51.2 Å². The van der Waals surface area contributed by atoms with E-state index in [-0.39, 0.29) is 0 Å². The lowest BCUT2D eigenvalue weighted by molar-refractivity contribution is -0.151. The van der Waals surface area contributed by atoms with E-state index in [2.05, 4.69) is 21.9 Å². The summed E-state index contributed by atoms with van der Waals surface area (Å²) in [6, 6.07) is 0.901. The van der Waals surface area contributed by atoms with Crippen LogP contribution in [0.3, 0.4) is 0 Å². The highest BCUT2D eigenvalue weighted by atomic mass is 16.5. The molecule has 2 saturated heterocycles. The normalized spacial score (nSPS) is 34.2. The van der Waals surface area contributed by atoms with E-state index in [9.17, 15) is 9.90 Å². The molecule has 0 aromatic carbocycles. The number of aliphatic hydroxyl groups is 1. The van der Waals surface area contributed by atoms with E-state index < -0.39 is 12.1 Å². The van der Waals surface area contributed by atoms with Crippen LogP contribution in [-0.2, 0) is 9.53 Å². The Labute approximate surface area is 115 Å². The molecule has 0 radical (unpaired) electrons. The number of carbonyl (C=O) groups is 1. The van der Waals surface area contributed by atoms with Crippen molar-refractivity contribution in [3.05, 3.63) is 0 Å². The number of nitrogens with zero attached hydrogens (tertiary/aromatic N) is 1. The zero-order valence-corrected chi connectivity index (χ0v) is 12.0. The molecule has 5 heteroatoms. The predicted molar refractivity (Wildman–Crippen MR) is 72.8 cm³/mol. The number of nitrogens with one attached hydrogen (secondary N) is 1. The maximum Gasteiger partial charge on any atom is 0.334 e. The van der Waals surface area contributed by atoms with Crippen molar-refractivity contribution < 1.29 is 14.6 Å². The smallest absolute Gasteiger partial charge is 0.334 e. The lowest BCUT2D eigenvalue weighted by atomic mass is 9.92. The van der Waals surface area contributed by atoms with E-state index in [4.69, 9.17) is 0 Å². The highest BCUT2D eigenvalue weighted by Crippen LogP contribution is 2.29. The van der Waals surface area contributed by atoms with Crippen LogP contribution in [0.2, 0.25) is 0 Å². The molecule has 0 aromatic heterocycles. The average Bonchev–Trinajstić information content (AvgIpc) is 2.86. The Morgan fingerprint density at radius 1 is 1.53 bits per heavy atom. The average molecular weight is 270 g/mol. The zero-order chi connectivity index (χ0) is 13.8. The van der Waals surface area contributed by atoms with Crippen LogP contribution >= 0.6 is 0 Å². The molecular formula is C14H26N2O3. The van der Waals surface area contributed by atoms with E-state index in [1.165, 1.54) is 7.11 Å². The fourth-order valence-electron chi connectivity index (χ4n) is 3.53. The lowest BCUT2D eigenvalue weighted by Crippen LogP contribution is -2.51. The van der Waals surface area contributed by atoms with Crippen LogP contribution in [0.5, 0.6) is 0 Å². The molecule has 0 saturated carbocycles. The highest BCUT2D eigenvalue weighted by Gasteiger charge is 2.36. The van der Waals surface area contributed by atoms with Gasteiger partial charge in [0.1, 0.15) is 0 Å². The van der Waals surface area contributed by atoms with E-state index >= 15 is 0 Å². The van der Waals surface area contributed by atoms with Crippen LogP contribution in [0.4, 0.5) is 0 Å². The number of piperidine rings is 1. The second-order valence-electron chi connectivity index (χ2n) is 5.85. The van der Waals surface area contributed by atoms with Crippen LogP contribution in [0, 0.1) is 5.92 Å². The Morgan fingerprint density at radius 2 is 2.32 bits per heavy atom. The molecule has 0 aromatic rings. The summed E-state index contributed by atoms with van der Waals surface area (Å²) in [6.45, 7) is 5.50. The van der Waals surface area contributed by atoms with Gasteiger partial charge in [0.2, 0.25) is 0 Å². The van der Waals surface area contributed by atoms with Gasteiger partial charge >= 0.3 is 5.97 Å². The molecule has 2 rings (SSSR count). The van der Waals surface area contributed by atoms with E-state index in [1.54, 1.807) is 0 Å². The van der Waals surface area contributed by atoms with Crippen molar-refractivity contribution in [3.8, 4) is 0 Å². The number of methoxy groups -OCH3 is 1. The highest BCUT2D eigenvalue weighted by molar-refractivity contribution is 5.74. The van der Waals surface area contributed by atoms with Crippen molar-refractivity contribution in [2.24, 2.45) is 5.92 Å². The third-order valence-corrected chi connectivity index (χ3v) is 4.56. The number of hydrogen-bond donors (Lipinski definition) is 2. The third kappa shape index (κ3) is 3.46. The molecule has 3 unspecified atom stereocenters. The lowest BCUT2D eigenvalue weighted by Gasteiger charge is -2.40. The topological polar surface area (TPSA) is 61.8 Å². The summed E-state index contributed by atoms with van der Waals surface area (Å²) in [5, 5.41) is 13.3.